The van der Waals surface area contributed by atoms with E-state index in [1.165, 1.54) is 20.2 Å². The fourth-order valence-corrected chi connectivity index (χ4v) is 4.37. The number of ether oxygens (including phenoxy) is 2. The molecule has 2 N–H and O–H groups in total. The van der Waals surface area contributed by atoms with Crippen LogP contribution in [0.1, 0.15) is 47.0 Å². The Labute approximate surface area is 205 Å². The van der Waals surface area contributed by atoms with E-state index in [1.807, 2.05) is 0 Å². The van der Waals surface area contributed by atoms with Gasteiger partial charge in [-0.3, -0.25) is 4.79 Å². The molecule has 0 aliphatic carbocycles. The number of halogens is 3. The molecule has 3 heterocycles. The molecule has 1 aliphatic heterocycles. The second kappa shape index (κ2) is 10.6. The van der Waals surface area contributed by atoms with Gasteiger partial charge in [0.25, 0.3) is 5.91 Å². The first kappa shape index (κ1) is 25.5. The van der Waals surface area contributed by atoms with Gasteiger partial charge in [0.15, 0.2) is 5.69 Å². The summed E-state index contributed by atoms with van der Waals surface area (Å²) >= 11 is 0. The van der Waals surface area contributed by atoms with Crippen LogP contribution in [0.15, 0.2) is 42.6 Å². The Morgan fingerprint density at radius 1 is 1.28 bits per heavy atom. The number of esters is 1. The van der Waals surface area contributed by atoms with Crippen molar-refractivity contribution in [1.29, 1.82) is 0 Å². The van der Waals surface area contributed by atoms with Crippen LogP contribution in [-0.2, 0) is 16.0 Å². The lowest BCUT2D eigenvalue weighted by Gasteiger charge is -2.17. The summed E-state index contributed by atoms with van der Waals surface area (Å²) in [5.41, 5.74) is 1.32. The van der Waals surface area contributed by atoms with Gasteiger partial charge in [-0.2, -0.15) is 13.2 Å². The molecule has 1 aliphatic rings. The number of aromatic nitrogens is 2. The van der Waals surface area contributed by atoms with Gasteiger partial charge in [0, 0.05) is 23.6 Å². The smallest absolute Gasteiger partial charge is 0.391 e. The highest BCUT2D eigenvalue weighted by molar-refractivity contribution is 6.14. The molecule has 36 heavy (non-hydrogen) atoms. The monoisotopic (exact) mass is 504 g/mol. The Bertz CT molecular complexity index is 1240. The van der Waals surface area contributed by atoms with Gasteiger partial charge in [0.1, 0.15) is 5.65 Å². The predicted molar refractivity (Wildman–Crippen MR) is 128 cm³/mol. The van der Waals surface area contributed by atoms with E-state index in [0.717, 1.165) is 12.8 Å². The normalized spacial score (nSPS) is 16.6. The van der Waals surface area contributed by atoms with E-state index in [0.29, 0.717) is 35.4 Å². The van der Waals surface area contributed by atoms with E-state index in [9.17, 15) is 22.8 Å². The molecule has 0 radical (unpaired) electrons. The quantitative estimate of drug-likeness (QED) is 0.419. The summed E-state index contributed by atoms with van der Waals surface area (Å²) in [5, 5.41) is 5.99. The molecule has 0 spiro atoms. The molecule has 1 amide bonds. The minimum absolute atomic E-state index is 0.0836. The van der Waals surface area contributed by atoms with Crippen molar-refractivity contribution in [3.63, 3.8) is 0 Å². The van der Waals surface area contributed by atoms with Crippen LogP contribution in [0, 0.1) is 0 Å². The van der Waals surface area contributed by atoms with Crippen molar-refractivity contribution in [2.24, 2.45) is 0 Å². The topological polar surface area (TPSA) is 94.5 Å². The summed E-state index contributed by atoms with van der Waals surface area (Å²) in [4.78, 5) is 30.4. The second-order valence-corrected chi connectivity index (χ2v) is 8.74. The molecule has 1 saturated heterocycles. The molecule has 192 valence electrons. The number of anilines is 2. The third-order valence-electron chi connectivity index (χ3n) is 5.91. The van der Waals surface area contributed by atoms with Crippen LogP contribution in [0.3, 0.4) is 0 Å². The number of benzene rings is 1. The van der Waals surface area contributed by atoms with Crippen LogP contribution in [0.5, 0.6) is 0 Å². The third kappa shape index (κ3) is 5.78. The Balaban J connectivity index is 1.80. The number of nitrogens with zero attached hydrogens (tertiary/aromatic N) is 2. The van der Waals surface area contributed by atoms with Crippen molar-refractivity contribution in [1.82, 2.24) is 9.55 Å². The summed E-state index contributed by atoms with van der Waals surface area (Å²) in [5.74, 6) is -1.14. The Hall–Kier alpha value is -3.60. The number of amides is 1. The van der Waals surface area contributed by atoms with Crippen LogP contribution in [-0.4, -0.2) is 53.5 Å². The fraction of sp³-hybridized carbons (Fsp3) is 0.400. The number of fused-ring (bicyclic) bond motifs is 1. The molecule has 8 nitrogen and oxygen atoms in total. The summed E-state index contributed by atoms with van der Waals surface area (Å²) in [7, 11) is 1.23. The van der Waals surface area contributed by atoms with Crippen LogP contribution in [0.2, 0.25) is 0 Å². The number of pyridine rings is 1. The molecule has 11 heteroatoms. The lowest BCUT2D eigenvalue weighted by Crippen LogP contribution is -2.23. The first-order chi connectivity index (χ1) is 17.2. The highest BCUT2D eigenvalue weighted by atomic mass is 19.4. The van der Waals surface area contributed by atoms with Gasteiger partial charge in [-0.25, -0.2) is 9.78 Å². The molecule has 0 saturated carbocycles. The Morgan fingerprint density at radius 3 is 2.67 bits per heavy atom. The van der Waals surface area contributed by atoms with Crippen molar-refractivity contribution < 1.29 is 32.2 Å². The molecule has 2 atom stereocenters. The van der Waals surface area contributed by atoms with Crippen LogP contribution < -0.4 is 10.6 Å². The van der Waals surface area contributed by atoms with E-state index in [2.05, 4.69) is 15.6 Å². The molecule has 1 aromatic carbocycles. The maximum atomic E-state index is 13.0. The summed E-state index contributed by atoms with van der Waals surface area (Å²) in [6.45, 7) is 2.32. The van der Waals surface area contributed by atoms with Crippen molar-refractivity contribution in [2.75, 3.05) is 24.4 Å². The summed E-state index contributed by atoms with van der Waals surface area (Å²) < 4.78 is 50.9. The van der Waals surface area contributed by atoms with Gasteiger partial charge in [0.2, 0.25) is 0 Å². The van der Waals surface area contributed by atoms with E-state index >= 15 is 0 Å². The van der Waals surface area contributed by atoms with Crippen molar-refractivity contribution >= 4 is 34.3 Å². The van der Waals surface area contributed by atoms with Gasteiger partial charge < -0.3 is 24.7 Å². The first-order valence-electron chi connectivity index (χ1n) is 11.6. The van der Waals surface area contributed by atoms with Gasteiger partial charge in [-0.05, 0) is 38.0 Å². The molecular formula is C25H27F3N4O4. The zero-order valence-electron chi connectivity index (χ0n) is 19.9. The highest BCUT2D eigenvalue weighted by Crippen LogP contribution is 2.34. The van der Waals surface area contributed by atoms with Crippen LogP contribution >= 0.6 is 0 Å². The number of carbonyl (C=O) groups is 2. The first-order valence-corrected chi connectivity index (χ1v) is 11.6. The highest BCUT2D eigenvalue weighted by Gasteiger charge is 2.31. The van der Waals surface area contributed by atoms with Crippen LogP contribution in [0.4, 0.5) is 24.5 Å². The van der Waals surface area contributed by atoms with E-state index in [1.54, 1.807) is 41.0 Å². The predicted octanol–water partition coefficient (Wildman–Crippen LogP) is 5.01. The summed E-state index contributed by atoms with van der Waals surface area (Å²) in [6, 6.07) is 9.11. The Kier molecular flexibility index (Phi) is 7.48. The lowest BCUT2D eigenvalue weighted by molar-refractivity contribution is -0.136. The number of methoxy groups -OCH3 is 1. The largest absolute Gasteiger partial charge is 0.464 e. The molecule has 4 rings (SSSR count). The number of rotatable bonds is 8. The van der Waals surface area contributed by atoms with Crippen molar-refractivity contribution in [3.05, 3.63) is 53.9 Å². The average molecular weight is 505 g/mol. The molecule has 3 aromatic rings. The zero-order chi connectivity index (χ0) is 25.9. The molecule has 1 fully saturated rings. The number of hydrogen-bond acceptors (Lipinski definition) is 6. The van der Waals surface area contributed by atoms with E-state index in [4.69, 9.17) is 9.47 Å². The lowest BCUT2D eigenvalue weighted by atomic mass is 10.2. The van der Waals surface area contributed by atoms with Gasteiger partial charge in [-0.15, -0.1) is 0 Å². The van der Waals surface area contributed by atoms with Crippen LogP contribution in [0.25, 0.3) is 11.0 Å². The average Bonchev–Trinajstić information content (AvgIpc) is 3.44. The van der Waals surface area contributed by atoms with E-state index < -0.39 is 30.5 Å². The van der Waals surface area contributed by atoms with Gasteiger partial charge >= 0.3 is 12.1 Å². The Morgan fingerprint density at radius 2 is 2.03 bits per heavy atom. The fourth-order valence-electron chi connectivity index (χ4n) is 4.37. The second-order valence-electron chi connectivity index (χ2n) is 8.74. The zero-order valence-corrected chi connectivity index (χ0v) is 19.9. The number of hydrogen-bond donors (Lipinski definition) is 2. The third-order valence-corrected chi connectivity index (χ3v) is 5.91. The molecular weight excluding hydrogens is 477 g/mol. The minimum Gasteiger partial charge on any atom is -0.464 e. The minimum atomic E-state index is -4.33. The SMILES string of the molecule is COC(=O)c1c(NC(=O)c2ccccc2)c2cc(N[C@H](C)CC(F)(F)F)cnc2n1C[C@H]1CCCO1. The summed E-state index contributed by atoms with van der Waals surface area (Å²) in [6.07, 6.45) is -2.44. The van der Waals surface area contributed by atoms with Gasteiger partial charge in [0.05, 0.1) is 43.8 Å². The van der Waals surface area contributed by atoms with Crippen molar-refractivity contribution in [3.8, 4) is 0 Å². The maximum Gasteiger partial charge on any atom is 0.391 e. The maximum absolute atomic E-state index is 13.0. The molecule has 0 bridgehead atoms. The van der Waals surface area contributed by atoms with Gasteiger partial charge in [-0.1, -0.05) is 18.2 Å². The molecule has 0 unspecified atom stereocenters. The molecule has 2 aromatic heterocycles. The number of nitrogens with one attached hydrogen (secondary N) is 2. The van der Waals surface area contributed by atoms with E-state index in [-0.39, 0.29) is 17.5 Å². The number of carbonyl (C=O) groups excluding carboxylic acids is 2. The standard InChI is InChI=1S/C25H27F3N4O4/c1-15(12-25(26,27)28)30-17-11-19-20(31-23(33)16-7-4-3-5-8-16)21(24(34)35-2)32(22(19)29-13-17)14-18-9-6-10-36-18/h3-5,7-8,11,13,15,18,30H,6,9-10,12,14H2,1-2H3,(H,31,33)/t15-,18-/m1/s1. The van der Waals surface area contributed by atoms with Crippen molar-refractivity contribution in [2.45, 2.75) is 51.1 Å². The number of alkyl halides is 3.